The average molecular weight is 246 g/mol. The highest BCUT2D eigenvalue weighted by Gasteiger charge is 2.12. The van der Waals surface area contributed by atoms with E-state index in [4.69, 9.17) is 20.8 Å². The summed E-state index contributed by atoms with van der Waals surface area (Å²) in [4.78, 5) is 11.6. The number of furan rings is 1. The van der Waals surface area contributed by atoms with Crippen LogP contribution in [-0.2, 0) is 10.6 Å². The second-order valence-corrected chi connectivity index (χ2v) is 3.70. The Kier molecular flexibility index (Phi) is 5.35. The van der Waals surface area contributed by atoms with Gasteiger partial charge in [-0.1, -0.05) is 0 Å². The number of nitrogens with one attached hydrogen (secondary N) is 1. The van der Waals surface area contributed by atoms with Gasteiger partial charge in [0.25, 0.3) is 5.91 Å². The summed E-state index contributed by atoms with van der Waals surface area (Å²) in [5.74, 6) is 1.14. The fourth-order valence-electron chi connectivity index (χ4n) is 1.27. The van der Waals surface area contributed by atoms with Gasteiger partial charge in [0.1, 0.15) is 5.76 Å². The van der Waals surface area contributed by atoms with Gasteiger partial charge in [0.15, 0.2) is 5.76 Å². The zero-order valence-electron chi connectivity index (χ0n) is 9.51. The van der Waals surface area contributed by atoms with Crippen LogP contribution in [0.25, 0.3) is 0 Å². The van der Waals surface area contributed by atoms with Crippen molar-refractivity contribution in [1.82, 2.24) is 5.32 Å². The van der Waals surface area contributed by atoms with Gasteiger partial charge in [0.2, 0.25) is 0 Å². The number of carbonyl (C=O) groups excluding carboxylic acids is 1. The summed E-state index contributed by atoms with van der Waals surface area (Å²) >= 11 is 5.69. The van der Waals surface area contributed by atoms with E-state index in [9.17, 15) is 4.79 Å². The van der Waals surface area contributed by atoms with Crippen LogP contribution in [-0.4, -0.2) is 26.2 Å². The molecule has 4 nitrogen and oxygen atoms in total. The van der Waals surface area contributed by atoms with E-state index < -0.39 is 0 Å². The number of rotatable bonds is 6. The number of halogens is 1. The Morgan fingerprint density at radius 2 is 2.38 bits per heavy atom. The standard InChI is InChI=1S/C11H16ClNO3/c1-8-9(7-12)6-10(16-8)11(14)13-4-3-5-15-2/h6H,3-5,7H2,1-2H3,(H,13,14). The highest BCUT2D eigenvalue weighted by atomic mass is 35.5. The molecule has 1 aromatic rings. The van der Waals surface area contributed by atoms with Gasteiger partial charge >= 0.3 is 0 Å². The minimum absolute atomic E-state index is 0.212. The van der Waals surface area contributed by atoms with E-state index in [2.05, 4.69) is 5.32 Å². The molecule has 5 heteroatoms. The van der Waals surface area contributed by atoms with Gasteiger partial charge in [0.05, 0.1) is 5.88 Å². The minimum Gasteiger partial charge on any atom is -0.456 e. The predicted molar refractivity (Wildman–Crippen MR) is 61.8 cm³/mol. The maximum atomic E-state index is 11.6. The lowest BCUT2D eigenvalue weighted by molar-refractivity contribution is 0.0919. The molecule has 0 saturated carbocycles. The van der Waals surface area contributed by atoms with Crippen molar-refractivity contribution in [1.29, 1.82) is 0 Å². The molecule has 0 fully saturated rings. The third-order valence-corrected chi connectivity index (χ3v) is 2.49. The molecule has 0 radical (unpaired) electrons. The summed E-state index contributed by atoms with van der Waals surface area (Å²) in [5, 5.41) is 2.74. The van der Waals surface area contributed by atoms with Gasteiger partial charge in [0, 0.05) is 25.8 Å². The Bertz CT molecular complexity index is 349. The lowest BCUT2D eigenvalue weighted by atomic mass is 10.3. The minimum atomic E-state index is -0.212. The average Bonchev–Trinajstić information content (AvgIpc) is 2.66. The molecule has 0 atom stereocenters. The van der Waals surface area contributed by atoms with Crippen LogP contribution in [0.5, 0.6) is 0 Å². The van der Waals surface area contributed by atoms with Crippen molar-refractivity contribution in [3.8, 4) is 0 Å². The molecule has 0 unspecified atom stereocenters. The van der Waals surface area contributed by atoms with Crippen LogP contribution in [0.15, 0.2) is 10.5 Å². The first-order valence-electron chi connectivity index (χ1n) is 5.11. The van der Waals surface area contributed by atoms with Gasteiger partial charge < -0.3 is 14.5 Å². The van der Waals surface area contributed by atoms with Crippen molar-refractivity contribution in [3.63, 3.8) is 0 Å². The monoisotopic (exact) mass is 245 g/mol. The molecule has 0 aromatic carbocycles. The van der Waals surface area contributed by atoms with E-state index in [-0.39, 0.29) is 5.91 Å². The van der Waals surface area contributed by atoms with Crippen molar-refractivity contribution in [3.05, 3.63) is 23.2 Å². The molecule has 1 aromatic heterocycles. The van der Waals surface area contributed by atoms with Crippen LogP contribution in [0.1, 0.15) is 28.3 Å². The first kappa shape index (κ1) is 13.1. The Hall–Kier alpha value is -1.00. The third-order valence-electron chi connectivity index (χ3n) is 2.20. The molecule has 1 heterocycles. The first-order chi connectivity index (χ1) is 7.69. The maximum absolute atomic E-state index is 11.6. The van der Waals surface area contributed by atoms with E-state index in [1.165, 1.54) is 0 Å². The summed E-state index contributed by atoms with van der Waals surface area (Å²) < 4.78 is 10.2. The molecule has 90 valence electrons. The summed E-state index contributed by atoms with van der Waals surface area (Å²) in [6.07, 6.45) is 0.782. The van der Waals surface area contributed by atoms with Crippen LogP contribution in [0.2, 0.25) is 0 Å². The fraction of sp³-hybridized carbons (Fsp3) is 0.545. The van der Waals surface area contributed by atoms with E-state index in [1.54, 1.807) is 20.1 Å². The number of methoxy groups -OCH3 is 1. The molecule has 0 bridgehead atoms. The molecule has 0 aliphatic carbocycles. The summed E-state index contributed by atoms with van der Waals surface area (Å²) in [7, 11) is 1.63. The number of carbonyl (C=O) groups is 1. The van der Waals surface area contributed by atoms with Crippen LogP contribution >= 0.6 is 11.6 Å². The Balaban J connectivity index is 2.46. The molecule has 16 heavy (non-hydrogen) atoms. The summed E-state index contributed by atoms with van der Waals surface area (Å²) in [6.45, 7) is 2.99. The molecule has 0 spiro atoms. The third kappa shape index (κ3) is 3.54. The second kappa shape index (κ2) is 6.55. The van der Waals surface area contributed by atoms with Crippen molar-refractivity contribution in [2.24, 2.45) is 0 Å². The van der Waals surface area contributed by atoms with E-state index in [0.29, 0.717) is 30.6 Å². The fourth-order valence-corrected chi connectivity index (χ4v) is 1.54. The lowest BCUT2D eigenvalue weighted by Crippen LogP contribution is -2.24. The number of ether oxygens (including phenoxy) is 1. The quantitative estimate of drug-likeness (QED) is 0.617. The van der Waals surface area contributed by atoms with Crippen LogP contribution < -0.4 is 5.32 Å². The highest BCUT2D eigenvalue weighted by molar-refractivity contribution is 6.17. The van der Waals surface area contributed by atoms with Crippen LogP contribution in [0.4, 0.5) is 0 Å². The highest BCUT2D eigenvalue weighted by Crippen LogP contribution is 2.16. The van der Waals surface area contributed by atoms with Crippen LogP contribution in [0.3, 0.4) is 0 Å². The Morgan fingerprint density at radius 3 is 2.94 bits per heavy atom. The molecule has 1 amide bonds. The van der Waals surface area contributed by atoms with Gasteiger partial charge in [-0.05, 0) is 19.4 Å². The molecular weight excluding hydrogens is 230 g/mol. The largest absolute Gasteiger partial charge is 0.456 e. The number of amides is 1. The summed E-state index contributed by atoms with van der Waals surface area (Å²) in [6, 6.07) is 1.67. The van der Waals surface area contributed by atoms with Gasteiger partial charge in [-0.25, -0.2) is 0 Å². The molecular formula is C11H16ClNO3. The molecule has 0 aliphatic rings. The van der Waals surface area contributed by atoms with Crippen LogP contribution in [0, 0.1) is 6.92 Å². The number of alkyl halides is 1. The SMILES string of the molecule is COCCCNC(=O)c1cc(CCl)c(C)o1. The normalized spacial score (nSPS) is 10.4. The lowest BCUT2D eigenvalue weighted by Gasteiger charge is -2.01. The zero-order valence-corrected chi connectivity index (χ0v) is 10.3. The molecule has 1 rings (SSSR count). The Labute approximate surface area is 99.9 Å². The van der Waals surface area contributed by atoms with Gasteiger partial charge in [-0.2, -0.15) is 0 Å². The number of aryl methyl sites for hydroxylation is 1. The zero-order chi connectivity index (χ0) is 12.0. The van der Waals surface area contributed by atoms with Crippen molar-refractivity contribution in [2.45, 2.75) is 19.2 Å². The smallest absolute Gasteiger partial charge is 0.287 e. The summed E-state index contributed by atoms with van der Waals surface area (Å²) in [5.41, 5.74) is 0.851. The maximum Gasteiger partial charge on any atom is 0.287 e. The molecule has 1 N–H and O–H groups in total. The van der Waals surface area contributed by atoms with Crippen molar-refractivity contribution < 1.29 is 13.9 Å². The second-order valence-electron chi connectivity index (χ2n) is 3.43. The number of hydrogen-bond acceptors (Lipinski definition) is 3. The van der Waals surface area contributed by atoms with E-state index in [1.807, 2.05) is 0 Å². The molecule has 0 aliphatic heterocycles. The van der Waals surface area contributed by atoms with Gasteiger partial charge in [-0.15, -0.1) is 11.6 Å². The topological polar surface area (TPSA) is 51.5 Å². The van der Waals surface area contributed by atoms with Crippen molar-refractivity contribution >= 4 is 17.5 Å². The van der Waals surface area contributed by atoms with E-state index in [0.717, 1.165) is 12.0 Å². The van der Waals surface area contributed by atoms with E-state index >= 15 is 0 Å². The van der Waals surface area contributed by atoms with Crippen molar-refractivity contribution in [2.75, 3.05) is 20.3 Å². The molecule has 0 saturated heterocycles. The Morgan fingerprint density at radius 1 is 1.62 bits per heavy atom. The first-order valence-corrected chi connectivity index (χ1v) is 5.65. The predicted octanol–water partition coefficient (Wildman–Crippen LogP) is 2.09. The van der Waals surface area contributed by atoms with Gasteiger partial charge in [-0.3, -0.25) is 4.79 Å². The number of hydrogen-bond donors (Lipinski definition) is 1.